The zero-order valence-electron chi connectivity index (χ0n) is 17.1. The van der Waals surface area contributed by atoms with Crippen molar-refractivity contribution in [3.63, 3.8) is 0 Å². The molecule has 0 aliphatic carbocycles. The molecule has 1 saturated heterocycles. The molecule has 1 aromatic carbocycles. The van der Waals surface area contributed by atoms with Gasteiger partial charge in [0.1, 0.15) is 11.4 Å². The SMILES string of the molecule is Cc1cc(NC(=O)C(C)OC(=O)c2ccc(N3CCC(C)CC3)c([N+](=O)[O-])c2)no1. The molecule has 2 heterocycles. The number of rotatable bonds is 6. The van der Waals surface area contributed by atoms with Crippen molar-refractivity contribution < 1.29 is 23.8 Å². The largest absolute Gasteiger partial charge is 0.449 e. The van der Waals surface area contributed by atoms with E-state index >= 15 is 0 Å². The number of ether oxygens (including phenoxy) is 1. The second-order valence-corrected chi connectivity index (χ2v) is 7.49. The number of hydrogen-bond donors (Lipinski definition) is 1. The smallest absolute Gasteiger partial charge is 0.339 e. The Kier molecular flexibility index (Phi) is 6.34. The Morgan fingerprint density at radius 3 is 2.63 bits per heavy atom. The molecule has 10 heteroatoms. The third-order valence-corrected chi connectivity index (χ3v) is 5.06. The third-order valence-electron chi connectivity index (χ3n) is 5.06. The van der Waals surface area contributed by atoms with Crippen LogP contribution < -0.4 is 10.2 Å². The Balaban J connectivity index is 1.70. The maximum Gasteiger partial charge on any atom is 0.339 e. The van der Waals surface area contributed by atoms with Gasteiger partial charge in [0.25, 0.3) is 11.6 Å². The van der Waals surface area contributed by atoms with E-state index < -0.39 is 22.9 Å². The van der Waals surface area contributed by atoms with E-state index in [9.17, 15) is 19.7 Å². The summed E-state index contributed by atoms with van der Waals surface area (Å²) < 4.78 is 10.0. The van der Waals surface area contributed by atoms with Crippen LogP contribution in [0.3, 0.4) is 0 Å². The average Bonchev–Trinajstić information content (AvgIpc) is 3.12. The third kappa shape index (κ3) is 4.94. The molecular formula is C20H24N4O6. The van der Waals surface area contributed by atoms with Crippen molar-refractivity contribution in [2.75, 3.05) is 23.3 Å². The van der Waals surface area contributed by atoms with Crippen LogP contribution in [0.25, 0.3) is 0 Å². The Labute approximate surface area is 173 Å². The predicted molar refractivity (Wildman–Crippen MR) is 108 cm³/mol. The van der Waals surface area contributed by atoms with E-state index in [1.807, 2.05) is 4.90 Å². The summed E-state index contributed by atoms with van der Waals surface area (Å²) in [6.07, 6.45) is 0.786. The number of nitrogens with zero attached hydrogens (tertiary/aromatic N) is 3. The van der Waals surface area contributed by atoms with Gasteiger partial charge in [-0.1, -0.05) is 12.1 Å². The molecule has 0 bridgehead atoms. The van der Waals surface area contributed by atoms with E-state index in [0.29, 0.717) is 17.4 Å². The molecule has 1 N–H and O–H groups in total. The summed E-state index contributed by atoms with van der Waals surface area (Å²) in [5, 5.41) is 17.7. The van der Waals surface area contributed by atoms with Gasteiger partial charge in [0.2, 0.25) is 0 Å². The van der Waals surface area contributed by atoms with Gasteiger partial charge in [-0.2, -0.15) is 0 Å². The lowest BCUT2D eigenvalue weighted by molar-refractivity contribution is -0.384. The molecule has 0 spiro atoms. The first-order chi connectivity index (χ1) is 14.2. The van der Waals surface area contributed by atoms with Gasteiger partial charge in [0.15, 0.2) is 11.9 Å². The number of nitrogens with one attached hydrogen (secondary N) is 1. The molecule has 0 radical (unpaired) electrons. The fraction of sp³-hybridized carbons (Fsp3) is 0.450. The Morgan fingerprint density at radius 1 is 1.33 bits per heavy atom. The Bertz CT molecular complexity index is 949. The van der Waals surface area contributed by atoms with Gasteiger partial charge >= 0.3 is 5.97 Å². The zero-order chi connectivity index (χ0) is 21.8. The van der Waals surface area contributed by atoms with E-state index in [1.165, 1.54) is 25.1 Å². The minimum absolute atomic E-state index is 0.00718. The van der Waals surface area contributed by atoms with Crippen LogP contribution in [-0.2, 0) is 9.53 Å². The topological polar surface area (TPSA) is 128 Å². The molecule has 1 aliphatic rings. The van der Waals surface area contributed by atoms with Crippen LogP contribution in [0.1, 0.15) is 42.8 Å². The predicted octanol–water partition coefficient (Wildman–Crippen LogP) is 3.31. The van der Waals surface area contributed by atoms with Crippen LogP contribution in [-0.4, -0.2) is 41.1 Å². The number of amides is 1. The van der Waals surface area contributed by atoms with Crippen LogP contribution in [0, 0.1) is 23.0 Å². The minimum Gasteiger partial charge on any atom is -0.449 e. The molecule has 1 aromatic heterocycles. The van der Waals surface area contributed by atoms with Gasteiger partial charge in [-0.15, -0.1) is 0 Å². The van der Waals surface area contributed by atoms with Gasteiger partial charge in [-0.25, -0.2) is 4.79 Å². The fourth-order valence-electron chi connectivity index (χ4n) is 3.25. The monoisotopic (exact) mass is 416 g/mol. The Hall–Kier alpha value is -3.43. The summed E-state index contributed by atoms with van der Waals surface area (Å²) in [6.45, 7) is 6.69. The second kappa shape index (κ2) is 8.93. The molecule has 10 nitrogen and oxygen atoms in total. The maximum atomic E-state index is 12.4. The molecule has 1 unspecified atom stereocenters. The number of nitro benzene ring substituents is 1. The number of hydrogen-bond acceptors (Lipinski definition) is 8. The summed E-state index contributed by atoms with van der Waals surface area (Å²) in [6, 6.07) is 5.76. The van der Waals surface area contributed by atoms with Gasteiger partial charge in [0.05, 0.1) is 10.5 Å². The van der Waals surface area contributed by atoms with Crippen molar-refractivity contribution in [2.24, 2.45) is 5.92 Å². The van der Waals surface area contributed by atoms with Crippen molar-refractivity contribution >= 4 is 29.1 Å². The quantitative estimate of drug-likeness (QED) is 0.431. The lowest BCUT2D eigenvalue weighted by Gasteiger charge is -2.31. The van der Waals surface area contributed by atoms with Crippen LogP contribution >= 0.6 is 0 Å². The van der Waals surface area contributed by atoms with Crippen molar-refractivity contribution in [3.8, 4) is 0 Å². The highest BCUT2D eigenvalue weighted by Crippen LogP contribution is 2.32. The molecule has 1 fully saturated rings. The summed E-state index contributed by atoms with van der Waals surface area (Å²) in [7, 11) is 0. The number of carbonyl (C=O) groups is 2. The number of piperidine rings is 1. The van der Waals surface area contributed by atoms with Crippen molar-refractivity contribution in [2.45, 2.75) is 39.7 Å². The van der Waals surface area contributed by atoms with Crippen LogP contribution in [0.4, 0.5) is 17.2 Å². The molecule has 30 heavy (non-hydrogen) atoms. The van der Waals surface area contributed by atoms with E-state index in [4.69, 9.17) is 9.26 Å². The molecule has 3 rings (SSSR count). The molecule has 0 saturated carbocycles. The number of esters is 1. The minimum atomic E-state index is -1.13. The normalized spacial score (nSPS) is 15.5. The van der Waals surface area contributed by atoms with Crippen molar-refractivity contribution in [1.82, 2.24) is 5.16 Å². The Morgan fingerprint density at radius 2 is 2.03 bits per heavy atom. The second-order valence-electron chi connectivity index (χ2n) is 7.49. The summed E-state index contributed by atoms with van der Waals surface area (Å²) in [4.78, 5) is 37.7. The van der Waals surface area contributed by atoms with Crippen LogP contribution in [0.2, 0.25) is 0 Å². The summed E-state index contributed by atoms with van der Waals surface area (Å²) in [5.41, 5.74) is 0.331. The highest BCUT2D eigenvalue weighted by atomic mass is 16.6. The molecule has 1 amide bonds. The zero-order valence-corrected chi connectivity index (χ0v) is 17.1. The first kappa shape index (κ1) is 21.3. The highest BCUT2D eigenvalue weighted by molar-refractivity contribution is 5.97. The first-order valence-corrected chi connectivity index (χ1v) is 9.73. The molecule has 2 aromatic rings. The lowest BCUT2D eigenvalue weighted by atomic mass is 9.98. The van der Waals surface area contributed by atoms with Crippen molar-refractivity contribution in [1.29, 1.82) is 0 Å². The van der Waals surface area contributed by atoms with Gasteiger partial charge in [-0.3, -0.25) is 14.9 Å². The number of benzene rings is 1. The van der Waals surface area contributed by atoms with E-state index in [1.54, 1.807) is 13.0 Å². The van der Waals surface area contributed by atoms with Gasteiger partial charge in [0, 0.05) is 25.2 Å². The van der Waals surface area contributed by atoms with Gasteiger partial charge in [-0.05, 0) is 44.7 Å². The molecule has 1 atom stereocenters. The fourth-order valence-corrected chi connectivity index (χ4v) is 3.25. The molecular weight excluding hydrogens is 392 g/mol. The molecule has 1 aliphatic heterocycles. The van der Waals surface area contributed by atoms with E-state index in [2.05, 4.69) is 17.4 Å². The number of nitro groups is 1. The van der Waals surface area contributed by atoms with E-state index in [0.717, 1.165) is 25.9 Å². The van der Waals surface area contributed by atoms with Gasteiger partial charge < -0.3 is 19.5 Å². The van der Waals surface area contributed by atoms with Crippen LogP contribution in [0.5, 0.6) is 0 Å². The summed E-state index contributed by atoms with van der Waals surface area (Å²) in [5.74, 6) is -0.105. The first-order valence-electron chi connectivity index (χ1n) is 9.73. The standard InChI is InChI=1S/C20H24N4O6/c1-12-6-8-23(9-7-12)16-5-4-15(11-17(16)24(27)28)20(26)29-14(3)19(25)21-18-10-13(2)30-22-18/h4-5,10-12,14H,6-9H2,1-3H3,(H,21,22,25). The number of aromatic nitrogens is 1. The number of aryl methyl sites for hydroxylation is 1. The summed E-state index contributed by atoms with van der Waals surface area (Å²) >= 11 is 0. The van der Waals surface area contributed by atoms with Crippen molar-refractivity contribution in [3.05, 3.63) is 45.7 Å². The number of anilines is 2. The number of carbonyl (C=O) groups excluding carboxylic acids is 2. The average molecular weight is 416 g/mol. The van der Waals surface area contributed by atoms with E-state index in [-0.39, 0.29) is 17.1 Å². The lowest BCUT2D eigenvalue weighted by Crippen LogP contribution is -2.33. The molecule has 160 valence electrons. The maximum absolute atomic E-state index is 12.4. The van der Waals surface area contributed by atoms with Crippen LogP contribution in [0.15, 0.2) is 28.8 Å². The highest BCUT2D eigenvalue weighted by Gasteiger charge is 2.26.